The first-order valence-electron chi connectivity index (χ1n) is 19.5. The number of benzene rings is 9. The van der Waals surface area contributed by atoms with Crippen molar-refractivity contribution in [3.05, 3.63) is 206 Å². The van der Waals surface area contributed by atoms with Crippen molar-refractivity contribution in [2.24, 2.45) is 0 Å². The van der Waals surface area contributed by atoms with Gasteiger partial charge in [-0.1, -0.05) is 152 Å². The Labute approximate surface area is 333 Å². The number of para-hydroxylation sites is 4. The van der Waals surface area contributed by atoms with Crippen LogP contribution in [-0.4, -0.2) is 9.13 Å². The van der Waals surface area contributed by atoms with E-state index in [0.29, 0.717) is 0 Å². The van der Waals surface area contributed by atoms with Crippen molar-refractivity contribution in [2.45, 2.75) is 0 Å². The van der Waals surface area contributed by atoms with E-state index < -0.39 is 0 Å². The van der Waals surface area contributed by atoms with Crippen molar-refractivity contribution in [2.75, 3.05) is 0 Å². The van der Waals surface area contributed by atoms with Gasteiger partial charge < -0.3 is 9.13 Å². The molecule has 3 aromatic heterocycles. The largest absolute Gasteiger partial charge is 0.309 e. The Hall–Kier alpha value is -7.20. The number of hydrogen-bond donors (Lipinski definition) is 0. The topological polar surface area (TPSA) is 9.86 Å². The summed E-state index contributed by atoms with van der Waals surface area (Å²) in [5, 5.41) is 7.58. The molecule has 0 unspecified atom stereocenters. The first kappa shape index (κ1) is 32.1. The van der Waals surface area contributed by atoms with Gasteiger partial charge in [-0.05, 0) is 76.9 Å². The lowest BCUT2D eigenvalue weighted by Gasteiger charge is -2.14. The summed E-state index contributed by atoms with van der Waals surface area (Å²) in [5.74, 6) is 0. The summed E-state index contributed by atoms with van der Waals surface area (Å²) in [6.07, 6.45) is 0. The molecular formula is C54H34N2S. The Balaban J connectivity index is 1.14. The second-order valence-corrected chi connectivity index (χ2v) is 15.9. The first-order valence-corrected chi connectivity index (χ1v) is 20.3. The van der Waals surface area contributed by atoms with Gasteiger partial charge in [0.25, 0.3) is 0 Å². The first-order chi connectivity index (χ1) is 28.3. The zero-order valence-corrected chi connectivity index (χ0v) is 31.7. The molecule has 0 radical (unpaired) electrons. The summed E-state index contributed by atoms with van der Waals surface area (Å²) in [6, 6.07) is 75.7. The van der Waals surface area contributed by atoms with E-state index in [1.165, 1.54) is 97.2 Å². The van der Waals surface area contributed by atoms with Gasteiger partial charge in [-0.25, -0.2) is 0 Å². The Morgan fingerprint density at radius 3 is 1.72 bits per heavy atom. The van der Waals surface area contributed by atoms with Gasteiger partial charge in [0.2, 0.25) is 0 Å². The summed E-state index contributed by atoms with van der Waals surface area (Å²) in [4.78, 5) is 0. The van der Waals surface area contributed by atoms with Crippen molar-refractivity contribution in [3.63, 3.8) is 0 Å². The Morgan fingerprint density at radius 1 is 0.298 bits per heavy atom. The highest BCUT2D eigenvalue weighted by atomic mass is 32.1. The Kier molecular flexibility index (Phi) is 7.13. The van der Waals surface area contributed by atoms with E-state index in [2.05, 4.69) is 215 Å². The maximum Gasteiger partial charge on any atom is 0.0619 e. The SMILES string of the molecule is c1ccc(-c2cccc(-c3cc(-n4c5ccccc5c5ccc(-c6cccc7c8ccccc8n(-c8ccccc8)c67)cc54)cc4c3sc3ccccc34)c2)cc1. The van der Waals surface area contributed by atoms with Crippen LogP contribution in [0.5, 0.6) is 0 Å². The average molecular weight is 743 g/mol. The highest BCUT2D eigenvalue weighted by Crippen LogP contribution is 2.45. The van der Waals surface area contributed by atoms with Gasteiger partial charge in [-0.3, -0.25) is 0 Å². The normalized spacial score (nSPS) is 11.9. The third-order valence-electron chi connectivity index (χ3n) is 11.7. The number of fused-ring (bicyclic) bond motifs is 9. The second-order valence-electron chi connectivity index (χ2n) is 14.9. The Bertz CT molecular complexity index is 3510. The fourth-order valence-corrected chi connectivity index (χ4v) is 10.4. The second kappa shape index (κ2) is 12.7. The minimum Gasteiger partial charge on any atom is -0.309 e. The van der Waals surface area contributed by atoms with Crippen LogP contribution in [0.25, 0.3) is 109 Å². The van der Waals surface area contributed by atoms with Crippen molar-refractivity contribution in [1.82, 2.24) is 9.13 Å². The molecule has 3 heteroatoms. The molecule has 266 valence electrons. The smallest absolute Gasteiger partial charge is 0.0619 e. The van der Waals surface area contributed by atoms with E-state index in [9.17, 15) is 0 Å². The molecule has 0 aliphatic rings. The molecule has 3 heterocycles. The number of rotatable bonds is 5. The van der Waals surface area contributed by atoms with Crippen molar-refractivity contribution < 1.29 is 0 Å². The molecule has 0 saturated carbocycles. The summed E-state index contributed by atoms with van der Waals surface area (Å²) >= 11 is 1.89. The molecule has 2 nitrogen and oxygen atoms in total. The lowest BCUT2D eigenvalue weighted by molar-refractivity contribution is 1.18. The molecule has 57 heavy (non-hydrogen) atoms. The molecule has 0 atom stereocenters. The number of hydrogen-bond acceptors (Lipinski definition) is 1. The number of aromatic nitrogens is 2. The van der Waals surface area contributed by atoms with Crippen LogP contribution < -0.4 is 0 Å². The molecule has 0 fully saturated rings. The number of thiophene rings is 1. The lowest BCUT2D eigenvalue weighted by atomic mass is 9.97. The van der Waals surface area contributed by atoms with Gasteiger partial charge in [-0.2, -0.15) is 0 Å². The van der Waals surface area contributed by atoms with E-state index in [1.54, 1.807) is 0 Å². The molecule has 0 amide bonds. The Morgan fingerprint density at radius 2 is 0.895 bits per heavy atom. The molecule has 0 saturated heterocycles. The minimum atomic E-state index is 1.16. The van der Waals surface area contributed by atoms with Crippen LogP contribution in [0.2, 0.25) is 0 Å². The molecule has 0 N–H and O–H groups in total. The van der Waals surface area contributed by atoms with Gasteiger partial charge in [0, 0.05) is 64.2 Å². The van der Waals surface area contributed by atoms with Gasteiger partial charge in [0.05, 0.1) is 22.1 Å². The van der Waals surface area contributed by atoms with E-state index in [4.69, 9.17) is 0 Å². The molecule has 9 aromatic carbocycles. The van der Waals surface area contributed by atoms with Gasteiger partial charge in [0.15, 0.2) is 0 Å². The summed E-state index contributed by atoms with van der Waals surface area (Å²) < 4.78 is 7.55. The maximum atomic E-state index is 2.50. The van der Waals surface area contributed by atoms with E-state index in [-0.39, 0.29) is 0 Å². The average Bonchev–Trinajstić information content (AvgIpc) is 3.94. The highest BCUT2D eigenvalue weighted by Gasteiger charge is 2.20. The molecular weight excluding hydrogens is 709 g/mol. The molecule has 0 spiro atoms. The van der Waals surface area contributed by atoms with Gasteiger partial charge in [0.1, 0.15) is 0 Å². The van der Waals surface area contributed by atoms with Crippen molar-refractivity contribution >= 4 is 75.1 Å². The maximum absolute atomic E-state index is 2.50. The summed E-state index contributed by atoms with van der Waals surface area (Å²) in [6.45, 7) is 0. The molecule has 0 aliphatic heterocycles. The van der Waals surface area contributed by atoms with Crippen LogP contribution in [0, 0.1) is 0 Å². The van der Waals surface area contributed by atoms with E-state index >= 15 is 0 Å². The molecule has 12 rings (SSSR count). The van der Waals surface area contributed by atoms with Crippen LogP contribution in [0.15, 0.2) is 206 Å². The standard InChI is InChI=1S/C54H34N2S/c1-3-15-35(16-4-1)36-17-13-18-37(31-36)47-33-40(34-48-45-23-9-12-28-52(45)57-54(47)48)55-49-26-10-7-21-42(49)44-30-29-38(32-51(44)55)41-24-14-25-46-43-22-8-11-27-50(43)56(53(41)46)39-19-5-2-6-20-39/h1-34H. The van der Waals surface area contributed by atoms with Crippen LogP contribution in [-0.2, 0) is 0 Å². The van der Waals surface area contributed by atoms with Gasteiger partial charge >= 0.3 is 0 Å². The lowest BCUT2D eigenvalue weighted by Crippen LogP contribution is -1.96. The minimum absolute atomic E-state index is 1.16. The van der Waals surface area contributed by atoms with Crippen LogP contribution >= 0.6 is 11.3 Å². The van der Waals surface area contributed by atoms with Gasteiger partial charge in [-0.15, -0.1) is 11.3 Å². The van der Waals surface area contributed by atoms with Crippen LogP contribution in [0.1, 0.15) is 0 Å². The van der Waals surface area contributed by atoms with Crippen molar-refractivity contribution in [1.29, 1.82) is 0 Å². The molecule has 0 bridgehead atoms. The molecule has 12 aromatic rings. The van der Waals surface area contributed by atoms with E-state index in [1.807, 2.05) is 11.3 Å². The molecule has 0 aliphatic carbocycles. The fraction of sp³-hybridized carbons (Fsp3) is 0. The zero-order chi connectivity index (χ0) is 37.5. The summed E-state index contributed by atoms with van der Waals surface area (Å²) in [5.41, 5.74) is 14.4. The van der Waals surface area contributed by atoms with E-state index in [0.717, 1.165) is 11.4 Å². The van der Waals surface area contributed by atoms with Crippen molar-refractivity contribution in [3.8, 4) is 44.8 Å². The predicted octanol–water partition coefficient (Wildman–Crippen LogP) is 15.2. The highest BCUT2D eigenvalue weighted by molar-refractivity contribution is 7.26. The predicted molar refractivity (Wildman–Crippen MR) is 244 cm³/mol. The number of nitrogens with zero attached hydrogens (tertiary/aromatic N) is 2. The third kappa shape index (κ3) is 4.96. The quantitative estimate of drug-likeness (QED) is 0.166. The third-order valence-corrected chi connectivity index (χ3v) is 12.9. The summed E-state index contributed by atoms with van der Waals surface area (Å²) in [7, 11) is 0. The monoisotopic (exact) mass is 742 g/mol. The zero-order valence-electron chi connectivity index (χ0n) is 30.9. The fourth-order valence-electron chi connectivity index (χ4n) is 9.17. The van der Waals surface area contributed by atoms with Crippen LogP contribution in [0.4, 0.5) is 0 Å². The van der Waals surface area contributed by atoms with Crippen LogP contribution in [0.3, 0.4) is 0 Å².